The molecule has 2 aromatic carbocycles. The summed E-state index contributed by atoms with van der Waals surface area (Å²) in [6, 6.07) is 13.1. The van der Waals surface area contributed by atoms with Crippen LogP contribution in [0.2, 0.25) is 0 Å². The SMILES string of the molecule is CCc1cccc(NC(=O)COC(=O)COc2ccccc2F)c1. The number of anilines is 1. The second-order valence-corrected chi connectivity index (χ2v) is 4.98. The van der Waals surface area contributed by atoms with Crippen LogP contribution in [-0.4, -0.2) is 25.1 Å². The lowest BCUT2D eigenvalue weighted by atomic mass is 10.1. The first-order valence-corrected chi connectivity index (χ1v) is 7.50. The molecule has 0 bridgehead atoms. The monoisotopic (exact) mass is 331 g/mol. The molecule has 0 aliphatic carbocycles. The van der Waals surface area contributed by atoms with Gasteiger partial charge in [0, 0.05) is 5.69 Å². The molecule has 2 aromatic rings. The summed E-state index contributed by atoms with van der Waals surface area (Å²) in [5, 5.41) is 2.64. The highest BCUT2D eigenvalue weighted by atomic mass is 19.1. The molecule has 0 heterocycles. The molecule has 126 valence electrons. The molecule has 1 amide bonds. The minimum absolute atomic E-state index is 0.0460. The Labute approximate surface area is 139 Å². The summed E-state index contributed by atoms with van der Waals surface area (Å²) >= 11 is 0. The fourth-order valence-corrected chi connectivity index (χ4v) is 1.95. The summed E-state index contributed by atoms with van der Waals surface area (Å²) in [6.45, 7) is 1.10. The Morgan fingerprint density at radius 3 is 2.62 bits per heavy atom. The van der Waals surface area contributed by atoms with Gasteiger partial charge in [0.25, 0.3) is 5.91 Å². The van der Waals surface area contributed by atoms with Crippen molar-refractivity contribution in [2.24, 2.45) is 0 Å². The van der Waals surface area contributed by atoms with Gasteiger partial charge in [0.1, 0.15) is 0 Å². The first-order chi connectivity index (χ1) is 11.6. The van der Waals surface area contributed by atoms with Gasteiger partial charge in [-0.15, -0.1) is 0 Å². The topological polar surface area (TPSA) is 64.6 Å². The lowest BCUT2D eigenvalue weighted by Gasteiger charge is -2.09. The number of hydrogen-bond donors (Lipinski definition) is 1. The number of aryl methyl sites for hydroxylation is 1. The molecule has 0 fully saturated rings. The number of carbonyl (C=O) groups is 2. The smallest absolute Gasteiger partial charge is 0.344 e. The van der Waals surface area contributed by atoms with Crippen LogP contribution in [0.25, 0.3) is 0 Å². The van der Waals surface area contributed by atoms with Crippen LogP contribution < -0.4 is 10.1 Å². The van der Waals surface area contributed by atoms with Crippen LogP contribution in [0.3, 0.4) is 0 Å². The van der Waals surface area contributed by atoms with Crippen molar-refractivity contribution in [3.8, 4) is 5.75 Å². The van der Waals surface area contributed by atoms with Crippen molar-refractivity contribution in [1.29, 1.82) is 0 Å². The Kier molecular flexibility index (Phi) is 6.31. The van der Waals surface area contributed by atoms with Crippen LogP contribution in [0.15, 0.2) is 48.5 Å². The number of ether oxygens (including phenoxy) is 2. The summed E-state index contributed by atoms with van der Waals surface area (Å²) in [5.41, 5.74) is 1.72. The second-order valence-electron chi connectivity index (χ2n) is 4.98. The number of para-hydroxylation sites is 1. The van der Waals surface area contributed by atoms with Gasteiger partial charge in [-0.25, -0.2) is 9.18 Å². The fraction of sp³-hybridized carbons (Fsp3) is 0.222. The summed E-state index contributed by atoms with van der Waals surface area (Å²) in [5.74, 6) is -1.83. The number of carbonyl (C=O) groups excluding carboxylic acids is 2. The molecule has 0 aliphatic rings. The maximum atomic E-state index is 13.3. The predicted molar refractivity (Wildman–Crippen MR) is 87.3 cm³/mol. The lowest BCUT2D eigenvalue weighted by molar-refractivity contribution is -0.149. The van der Waals surface area contributed by atoms with E-state index in [1.54, 1.807) is 12.1 Å². The van der Waals surface area contributed by atoms with E-state index in [1.165, 1.54) is 18.2 Å². The molecule has 0 saturated heterocycles. The Balaban J connectivity index is 1.75. The number of benzene rings is 2. The average molecular weight is 331 g/mol. The van der Waals surface area contributed by atoms with Crippen molar-refractivity contribution < 1.29 is 23.5 Å². The number of nitrogens with one attached hydrogen (secondary N) is 1. The zero-order valence-electron chi connectivity index (χ0n) is 13.3. The van der Waals surface area contributed by atoms with E-state index < -0.39 is 30.9 Å². The van der Waals surface area contributed by atoms with Gasteiger partial charge in [-0.2, -0.15) is 0 Å². The van der Waals surface area contributed by atoms with Crippen LogP contribution >= 0.6 is 0 Å². The van der Waals surface area contributed by atoms with Crippen LogP contribution in [0.1, 0.15) is 12.5 Å². The third-order valence-corrected chi connectivity index (χ3v) is 3.17. The van der Waals surface area contributed by atoms with E-state index >= 15 is 0 Å². The third kappa shape index (κ3) is 5.39. The minimum atomic E-state index is -0.754. The van der Waals surface area contributed by atoms with Gasteiger partial charge in [-0.3, -0.25) is 4.79 Å². The van der Waals surface area contributed by atoms with Gasteiger partial charge >= 0.3 is 5.97 Å². The molecule has 6 heteroatoms. The standard InChI is InChI=1S/C18H18FNO4/c1-2-13-6-5-7-14(10-13)20-17(21)11-24-18(22)12-23-16-9-4-3-8-15(16)19/h3-10H,2,11-12H2,1H3,(H,20,21). The highest BCUT2D eigenvalue weighted by molar-refractivity contribution is 5.92. The molecule has 0 aromatic heterocycles. The summed E-state index contributed by atoms with van der Waals surface area (Å²) in [6.07, 6.45) is 0.853. The van der Waals surface area contributed by atoms with E-state index in [0.717, 1.165) is 12.0 Å². The first-order valence-electron chi connectivity index (χ1n) is 7.50. The van der Waals surface area contributed by atoms with Crippen molar-refractivity contribution in [2.75, 3.05) is 18.5 Å². The maximum Gasteiger partial charge on any atom is 0.344 e. The second kappa shape index (κ2) is 8.67. The number of rotatable bonds is 7. The van der Waals surface area contributed by atoms with Gasteiger partial charge in [-0.05, 0) is 36.2 Å². The molecule has 24 heavy (non-hydrogen) atoms. The average Bonchev–Trinajstić information content (AvgIpc) is 2.59. The quantitative estimate of drug-likeness (QED) is 0.792. The Morgan fingerprint density at radius 1 is 1.08 bits per heavy atom. The third-order valence-electron chi connectivity index (χ3n) is 3.17. The maximum absolute atomic E-state index is 13.3. The van der Waals surface area contributed by atoms with Crippen molar-refractivity contribution in [3.05, 3.63) is 59.9 Å². The molecule has 0 radical (unpaired) electrons. The van der Waals surface area contributed by atoms with Crippen molar-refractivity contribution >= 4 is 17.6 Å². The van der Waals surface area contributed by atoms with E-state index in [9.17, 15) is 14.0 Å². The van der Waals surface area contributed by atoms with Crippen molar-refractivity contribution in [2.45, 2.75) is 13.3 Å². The van der Waals surface area contributed by atoms with Gasteiger partial charge in [0.2, 0.25) is 0 Å². The minimum Gasteiger partial charge on any atom is -0.479 e. The van der Waals surface area contributed by atoms with Gasteiger partial charge in [0.05, 0.1) is 0 Å². The van der Waals surface area contributed by atoms with Crippen LogP contribution in [0.5, 0.6) is 5.75 Å². The van der Waals surface area contributed by atoms with Crippen LogP contribution in [0, 0.1) is 5.82 Å². The summed E-state index contributed by atoms with van der Waals surface area (Å²) < 4.78 is 23.1. The van der Waals surface area contributed by atoms with E-state index in [-0.39, 0.29) is 5.75 Å². The normalized spacial score (nSPS) is 10.1. The van der Waals surface area contributed by atoms with E-state index in [1.807, 2.05) is 25.1 Å². The largest absolute Gasteiger partial charge is 0.479 e. The van der Waals surface area contributed by atoms with Gasteiger partial charge in [-0.1, -0.05) is 31.2 Å². The zero-order chi connectivity index (χ0) is 17.4. The number of halogens is 1. The fourth-order valence-electron chi connectivity index (χ4n) is 1.95. The lowest BCUT2D eigenvalue weighted by Crippen LogP contribution is -2.23. The number of hydrogen-bond acceptors (Lipinski definition) is 4. The highest BCUT2D eigenvalue weighted by Gasteiger charge is 2.10. The number of esters is 1. The zero-order valence-corrected chi connectivity index (χ0v) is 13.3. The van der Waals surface area contributed by atoms with Gasteiger partial charge in [0.15, 0.2) is 24.8 Å². The molecule has 2 rings (SSSR count). The molecule has 1 N–H and O–H groups in total. The molecule has 5 nitrogen and oxygen atoms in total. The molecular weight excluding hydrogens is 313 g/mol. The van der Waals surface area contributed by atoms with Gasteiger partial charge < -0.3 is 14.8 Å². The molecule has 0 spiro atoms. The van der Waals surface area contributed by atoms with E-state index in [0.29, 0.717) is 5.69 Å². The summed E-state index contributed by atoms with van der Waals surface area (Å²) in [4.78, 5) is 23.3. The van der Waals surface area contributed by atoms with Crippen molar-refractivity contribution in [3.63, 3.8) is 0 Å². The summed E-state index contributed by atoms with van der Waals surface area (Å²) in [7, 11) is 0. The van der Waals surface area contributed by atoms with Crippen LogP contribution in [0.4, 0.5) is 10.1 Å². The number of amides is 1. The molecular formula is C18H18FNO4. The van der Waals surface area contributed by atoms with Crippen LogP contribution in [-0.2, 0) is 20.7 Å². The molecule has 0 atom stereocenters. The Morgan fingerprint density at radius 2 is 1.88 bits per heavy atom. The molecule has 0 saturated carbocycles. The van der Waals surface area contributed by atoms with Crippen molar-refractivity contribution in [1.82, 2.24) is 0 Å². The molecule has 0 unspecified atom stereocenters. The highest BCUT2D eigenvalue weighted by Crippen LogP contribution is 2.15. The molecule has 0 aliphatic heterocycles. The Bertz CT molecular complexity index is 718. The predicted octanol–water partition coefficient (Wildman–Crippen LogP) is 2.95. The van der Waals surface area contributed by atoms with E-state index in [4.69, 9.17) is 9.47 Å². The Hall–Kier alpha value is -2.89. The van der Waals surface area contributed by atoms with E-state index in [2.05, 4.69) is 5.32 Å². The first kappa shape index (κ1) is 17.5.